The van der Waals surface area contributed by atoms with Crippen LogP contribution in [0.15, 0.2) is 130 Å². The first kappa shape index (κ1) is 25.7. The Kier molecular flexibility index (Phi) is 7.07. The second-order valence-corrected chi connectivity index (χ2v) is 9.13. The lowest BCUT2D eigenvalue weighted by atomic mass is 10.1. The minimum atomic E-state index is -0.602. The number of rotatable bonds is 8. The number of hydrogen-bond acceptors (Lipinski definition) is 7. The fourth-order valence-electron chi connectivity index (χ4n) is 4.58. The maximum absolute atomic E-state index is 12.5. The predicted octanol–water partition coefficient (Wildman–Crippen LogP) is 8.53. The summed E-state index contributed by atoms with van der Waals surface area (Å²) in [5.41, 5.74) is 4.74. The number of ether oxygens (including phenoxy) is 2. The number of anilines is 3. The molecule has 0 unspecified atom stereocenters. The Bertz CT molecular complexity index is 1720. The Hall–Kier alpha value is -5.56. The Labute approximate surface area is 237 Å². The van der Waals surface area contributed by atoms with E-state index in [1.807, 2.05) is 54.6 Å². The monoisotopic (exact) mass is 542 g/mol. The SMILES string of the molecule is COC(=O)c1nc(-c2ccc(-c3ccc(N(c4ccccc4)c4ccccc4)cc3)o2)oc1-c1ccc(OC)cc1. The van der Waals surface area contributed by atoms with Crippen molar-refractivity contribution in [2.75, 3.05) is 19.1 Å². The zero-order chi connectivity index (χ0) is 28.2. The molecule has 0 N–H and O–H groups in total. The summed E-state index contributed by atoms with van der Waals surface area (Å²) in [7, 11) is 2.89. The average molecular weight is 543 g/mol. The highest BCUT2D eigenvalue weighted by atomic mass is 16.5. The summed E-state index contributed by atoms with van der Waals surface area (Å²) in [5.74, 6) is 1.59. The van der Waals surface area contributed by atoms with Gasteiger partial charge in [-0.05, 0) is 84.9 Å². The molecule has 0 bridgehead atoms. The number of hydrogen-bond donors (Lipinski definition) is 0. The molecule has 0 atom stereocenters. The van der Waals surface area contributed by atoms with Crippen molar-refractivity contribution in [1.82, 2.24) is 4.98 Å². The van der Waals surface area contributed by atoms with E-state index in [-0.39, 0.29) is 11.6 Å². The van der Waals surface area contributed by atoms with Crippen LogP contribution in [0, 0.1) is 0 Å². The second-order valence-electron chi connectivity index (χ2n) is 9.13. The number of nitrogens with zero attached hydrogens (tertiary/aromatic N) is 2. The molecule has 0 fully saturated rings. The minimum absolute atomic E-state index is 0.0666. The molecule has 7 heteroatoms. The number of methoxy groups -OCH3 is 2. The fourth-order valence-corrected chi connectivity index (χ4v) is 4.58. The molecular formula is C34H26N2O5. The van der Waals surface area contributed by atoms with Crippen molar-refractivity contribution in [1.29, 1.82) is 0 Å². The van der Waals surface area contributed by atoms with Crippen molar-refractivity contribution in [3.05, 3.63) is 127 Å². The molecule has 202 valence electrons. The van der Waals surface area contributed by atoms with Crippen LogP contribution in [0.3, 0.4) is 0 Å². The zero-order valence-corrected chi connectivity index (χ0v) is 22.5. The summed E-state index contributed by atoms with van der Waals surface area (Å²) >= 11 is 0. The fraction of sp³-hybridized carbons (Fsp3) is 0.0588. The lowest BCUT2D eigenvalue weighted by Crippen LogP contribution is -2.09. The van der Waals surface area contributed by atoms with Crippen LogP contribution in [0.4, 0.5) is 17.1 Å². The standard InChI is InChI=1S/C34H26N2O5/c1-38-28-19-15-24(16-20-28)32-31(34(37)39-2)35-33(41-32)30-22-21-29(40-30)23-13-17-27(18-14-23)36(25-9-5-3-6-10-25)26-11-7-4-8-12-26/h3-22H,1-2H3. The molecule has 0 spiro atoms. The third-order valence-corrected chi connectivity index (χ3v) is 6.61. The number of furan rings is 1. The molecule has 0 radical (unpaired) electrons. The lowest BCUT2D eigenvalue weighted by molar-refractivity contribution is 0.0595. The third-order valence-electron chi connectivity index (χ3n) is 6.61. The van der Waals surface area contributed by atoms with Crippen LogP contribution >= 0.6 is 0 Å². The van der Waals surface area contributed by atoms with Crippen LogP contribution in [0.5, 0.6) is 5.75 Å². The molecule has 6 aromatic rings. The van der Waals surface area contributed by atoms with E-state index < -0.39 is 5.97 Å². The van der Waals surface area contributed by atoms with Gasteiger partial charge in [-0.15, -0.1) is 0 Å². The first-order valence-corrected chi connectivity index (χ1v) is 13.0. The van der Waals surface area contributed by atoms with E-state index >= 15 is 0 Å². The van der Waals surface area contributed by atoms with E-state index in [1.165, 1.54) is 7.11 Å². The molecule has 0 amide bonds. The average Bonchev–Trinajstić information content (AvgIpc) is 3.71. The normalized spacial score (nSPS) is 10.8. The van der Waals surface area contributed by atoms with Crippen molar-refractivity contribution < 1.29 is 23.1 Å². The van der Waals surface area contributed by atoms with Crippen molar-refractivity contribution in [3.8, 4) is 40.0 Å². The van der Waals surface area contributed by atoms with Gasteiger partial charge in [-0.2, -0.15) is 4.98 Å². The highest BCUT2D eigenvalue weighted by Gasteiger charge is 2.24. The first-order valence-electron chi connectivity index (χ1n) is 13.0. The molecule has 2 heterocycles. The molecule has 4 aromatic carbocycles. The number of carbonyl (C=O) groups is 1. The van der Waals surface area contributed by atoms with Crippen LogP contribution in [0.25, 0.3) is 34.3 Å². The van der Waals surface area contributed by atoms with Gasteiger partial charge in [0.25, 0.3) is 5.89 Å². The summed E-state index contributed by atoms with van der Waals surface area (Å²) in [6.07, 6.45) is 0. The number of esters is 1. The van der Waals surface area contributed by atoms with E-state index in [2.05, 4.69) is 46.3 Å². The van der Waals surface area contributed by atoms with E-state index in [9.17, 15) is 4.79 Å². The van der Waals surface area contributed by atoms with Gasteiger partial charge in [0.15, 0.2) is 17.2 Å². The predicted molar refractivity (Wildman–Crippen MR) is 158 cm³/mol. The molecular weight excluding hydrogens is 516 g/mol. The van der Waals surface area contributed by atoms with Crippen LogP contribution in [0.1, 0.15) is 10.5 Å². The molecule has 0 aliphatic rings. The lowest BCUT2D eigenvalue weighted by Gasteiger charge is -2.25. The highest BCUT2D eigenvalue weighted by Crippen LogP contribution is 2.37. The summed E-state index contributed by atoms with van der Waals surface area (Å²) in [6.45, 7) is 0. The number of oxazole rings is 1. The minimum Gasteiger partial charge on any atom is -0.497 e. The van der Waals surface area contributed by atoms with Crippen molar-refractivity contribution >= 4 is 23.0 Å². The zero-order valence-electron chi connectivity index (χ0n) is 22.5. The first-order chi connectivity index (χ1) is 20.1. The van der Waals surface area contributed by atoms with E-state index in [4.69, 9.17) is 18.3 Å². The summed E-state index contributed by atoms with van der Waals surface area (Å²) in [6, 6.07) is 39.3. The highest BCUT2D eigenvalue weighted by molar-refractivity contribution is 5.94. The van der Waals surface area contributed by atoms with Crippen LogP contribution in [-0.4, -0.2) is 25.2 Å². The Morgan fingerprint density at radius 2 is 1.20 bits per heavy atom. The summed E-state index contributed by atoms with van der Waals surface area (Å²) in [4.78, 5) is 19.1. The number of para-hydroxylation sites is 2. The Morgan fingerprint density at radius 3 is 1.78 bits per heavy atom. The maximum Gasteiger partial charge on any atom is 0.360 e. The third kappa shape index (κ3) is 5.21. The molecule has 0 aliphatic carbocycles. The summed E-state index contributed by atoms with van der Waals surface area (Å²) in [5, 5.41) is 0. The molecule has 6 rings (SSSR count). The quantitative estimate of drug-likeness (QED) is 0.178. The Balaban J connectivity index is 1.31. The number of benzene rings is 4. The van der Waals surface area contributed by atoms with Gasteiger partial charge in [-0.25, -0.2) is 4.79 Å². The van der Waals surface area contributed by atoms with Gasteiger partial charge in [-0.3, -0.25) is 0 Å². The molecule has 7 nitrogen and oxygen atoms in total. The summed E-state index contributed by atoms with van der Waals surface area (Å²) < 4.78 is 22.3. The maximum atomic E-state index is 12.5. The molecule has 0 saturated carbocycles. The molecule has 0 aliphatic heterocycles. The number of aromatic nitrogens is 1. The topological polar surface area (TPSA) is 77.9 Å². The van der Waals surface area contributed by atoms with Gasteiger partial charge in [-0.1, -0.05) is 36.4 Å². The van der Waals surface area contributed by atoms with Crippen LogP contribution < -0.4 is 9.64 Å². The van der Waals surface area contributed by atoms with Gasteiger partial charge < -0.3 is 23.2 Å². The smallest absolute Gasteiger partial charge is 0.360 e. The van der Waals surface area contributed by atoms with E-state index in [0.29, 0.717) is 28.6 Å². The van der Waals surface area contributed by atoms with Crippen LogP contribution in [0.2, 0.25) is 0 Å². The second kappa shape index (κ2) is 11.3. The van der Waals surface area contributed by atoms with E-state index in [0.717, 1.165) is 22.6 Å². The van der Waals surface area contributed by atoms with E-state index in [1.54, 1.807) is 37.4 Å². The van der Waals surface area contributed by atoms with Crippen molar-refractivity contribution in [3.63, 3.8) is 0 Å². The van der Waals surface area contributed by atoms with Gasteiger partial charge in [0, 0.05) is 28.2 Å². The number of carbonyl (C=O) groups excluding carboxylic acids is 1. The van der Waals surface area contributed by atoms with Gasteiger partial charge >= 0.3 is 5.97 Å². The van der Waals surface area contributed by atoms with Crippen molar-refractivity contribution in [2.24, 2.45) is 0 Å². The van der Waals surface area contributed by atoms with Crippen molar-refractivity contribution in [2.45, 2.75) is 0 Å². The van der Waals surface area contributed by atoms with Gasteiger partial charge in [0.05, 0.1) is 14.2 Å². The molecule has 0 saturated heterocycles. The largest absolute Gasteiger partial charge is 0.497 e. The molecule has 41 heavy (non-hydrogen) atoms. The van der Waals surface area contributed by atoms with Gasteiger partial charge in [0.2, 0.25) is 0 Å². The Morgan fingerprint density at radius 1 is 0.634 bits per heavy atom. The van der Waals surface area contributed by atoms with Gasteiger partial charge in [0.1, 0.15) is 11.5 Å². The van der Waals surface area contributed by atoms with Crippen LogP contribution in [-0.2, 0) is 4.74 Å². The molecule has 2 aromatic heterocycles.